The van der Waals surface area contributed by atoms with E-state index >= 15 is 0 Å². The van der Waals surface area contributed by atoms with Crippen molar-refractivity contribution in [2.24, 2.45) is 0 Å². The Hall–Kier alpha value is -1.79. The van der Waals surface area contributed by atoms with Crippen LogP contribution < -0.4 is 4.90 Å². The molecule has 3 aromatic rings. The van der Waals surface area contributed by atoms with Gasteiger partial charge in [-0.1, -0.05) is 34.1 Å². The largest absolute Gasteiger partial charge is 0.465 e. The summed E-state index contributed by atoms with van der Waals surface area (Å²) in [5.41, 5.74) is 2.62. The fraction of sp³-hybridized carbons (Fsp3) is 0.250. The van der Waals surface area contributed by atoms with E-state index < -0.39 is 11.6 Å². The Morgan fingerprint density at radius 3 is 2.50 bits per heavy atom. The Kier molecular flexibility index (Phi) is 5.17. The lowest BCUT2D eigenvalue weighted by atomic mass is 10.0. The van der Waals surface area contributed by atoms with Crippen molar-refractivity contribution < 1.29 is 14.3 Å². The highest BCUT2D eigenvalue weighted by atomic mass is 79.9. The van der Waals surface area contributed by atoms with Gasteiger partial charge in [-0.25, -0.2) is 4.79 Å². The Balaban J connectivity index is 2.24. The summed E-state index contributed by atoms with van der Waals surface area (Å²) in [6.07, 6.45) is -1.00. The molecular weight excluding hydrogens is 462 g/mol. The van der Waals surface area contributed by atoms with E-state index in [1.165, 1.54) is 4.90 Å². The lowest BCUT2D eigenvalue weighted by Crippen LogP contribution is -2.45. The highest BCUT2D eigenvalue weighted by Gasteiger charge is 2.31. The zero-order chi connectivity index (χ0) is 19.1. The molecule has 1 heterocycles. The van der Waals surface area contributed by atoms with Crippen molar-refractivity contribution in [3.63, 3.8) is 0 Å². The maximum absolute atomic E-state index is 11.9. The van der Waals surface area contributed by atoms with Crippen LogP contribution in [0.1, 0.15) is 26.3 Å². The Bertz CT molecular complexity index is 973. The molecule has 1 N–H and O–H groups in total. The van der Waals surface area contributed by atoms with Gasteiger partial charge in [0.2, 0.25) is 0 Å². The SMILES string of the molecule is CC(C)(C)N(C(=O)O)c1ccccc1-c1oc2ccc(CBr)cc2c1Br. The van der Waals surface area contributed by atoms with E-state index in [1.54, 1.807) is 6.07 Å². The van der Waals surface area contributed by atoms with Crippen LogP contribution in [0.15, 0.2) is 51.4 Å². The topological polar surface area (TPSA) is 53.7 Å². The number of furan rings is 1. The summed E-state index contributed by atoms with van der Waals surface area (Å²) < 4.78 is 6.91. The van der Waals surface area contributed by atoms with Gasteiger partial charge in [-0.15, -0.1) is 0 Å². The zero-order valence-electron chi connectivity index (χ0n) is 14.7. The quantitative estimate of drug-likeness (QED) is 0.409. The number of para-hydroxylation sites is 1. The fourth-order valence-corrected chi connectivity index (χ4v) is 3.94. The van der Waals surface area contributed by atoms with E-state index in [0.29, 0.717) is 11.4 Å². The van der Waals surface area contributed by atoms with Gasteiger partial charge >= 0.3 is 6.09 Å². The van der Waals surface area contributed by atoms with E-state index in [0.717, 1.165) is 31.9 Å². The van der Waals surface area contributed by atoms with Crippen molar-refractivity contribution in [3.8, 4) is 11.3 Å². The van der Waals surface area contributed by atoms with Crippen molar-refractivity contribution in [1.29, 1.82) is 0 Å². The molecule has 0 saturated heterocycles. The molecule has 0 aliphatic heterocycles. The van der Waals surface area contributed by atoms with Crippen LogP contribution in [0.3, 0.4) is 0 Å². The molecule has 0 fully saturated rings. The van der Waals surface area contributed by atoms with Gasteiger partial charge in [0, 0.05) is 21.8 Å². The van der Waals surface area contributed by atoms with Gasteiger partial charge in [-0.3, -0.25) is 4.90 Å². The maximum atomic E-state index is 11.9. The third kappa shape index (κ3) is 3.40. The molecule has 6 heteroatoms. The van der Waals surface area contributed by atoms with Crippen LogP contribution >= 0.6 is 31.9 Å². The standard InChI is InChI=1S/C20H19Br2NO3/c1-20(2,3)23(19(24)25)15-7-5-4-6-13(15)18-17(22)14-10-12(11-21)8-9-16(14)26-18/h4-10H,11H2,1-3H3,(H,24,25). The van der Waals surface area contributed by atoms with E-state index in [-0.39, 0.29) is 0 Å². The van der Waals surface area contributed by atoms with Crippen LogP contribution in [0, 0.1) is 0 Å². The zero-order valence-corrected chi connectivity index (χ0v) is 17.9. The average Bonchev–Trinajstić information content (AvgIpc) is 2.90. The second kappa shape index (κ2) is 7.08. The summed E-state index contributed by atoms with van der Waals surface area (Å²) in [6.45, 7) is 5.61. The van der Waals surface area contributed by atoms with Gasteiger partial charge in [0.05, 0.1) is 10.2 Å². The number of anilines is 1. The molecule has 0 radical (unpaired) electrons. The number of halogens is 2. The molecule has 1 amide bonds. The lowest BCUT2D eigenvalue weighted by Gasteiger charge is -2.34. The molecule has 26 heavy (non-hydrogen) atoms. The number of amides is 1. The van der Waals surface area contributed by atoms with Crippen molar-refractivity contribution in [3.05, 3.63) is 52.5 Å². The lowest BCUT2D eigenvalue weighted by molar-refractivity contribution is 0.195. The number of fused-ring (bicyclic) bond motifs is 1. The smallest absolute Gasteiger partial charge is 0.412 e. The number of hydrogen-bond donors (Lipinski definition) is 1. The maximum Gasteiger partial charge on any atom is 0.412 e. The number of nitrogens with zero attached hydrogens (tertiary/aromatic N) is 1. The fourth-order valence-electron chi connectivity index (χ4n) is 2.98. The van der Waals surface area contributed by atoms with E-state index in [9.17, 15) is 9.90 Å². The second-order valence-corrected chi connectivity index (χ2v) is 8.37. The van der Waals surface area contributed by atoms with Crippen LogP contribution in [0.2, 0.25) is 0 Å². The van der Waals surface area contributed by atoms with E-state index in [2.05, 4.69) is 37.9 Å². The first-order chi connectivity index (χ1) is 12.2. The molecule has 0 spiro atoms. The number of hydrogen-bond acceptors (Lipinski definition) is 2. The molecule has 0 aliphatic rings. The minimum Gasteiger partial charge on any atom is -0.465 e. The molecule has 2 aromatic carbocycles. The van der Waals surface area contributed by atoms with Crippen LogP contribution in [-0.4, -0.2) is 16.7 Å². The minimum absolute atomic E-state index is 0.591. The predicted molar refractivity (Wildman–Crippen MR) is 112 cm³/mol. The third-order valence-electron chi connectivity index (χ3n) is 4.10. The molecule has 1 aromatic heterocycles. The number of carbonyl (C=O) groups is 1. The van der Waals surface area contributed by atoms with Crippen molar-refractivity contribution in [1.82, 2.24) is 0 Å². The van der Waals surface area contributed by atoms with E-state index in [1.807, 2.05) is 51.1 Å². The molecule has 0 atom stereocenters. The van der Waals surface area contributed by atoms with Gasteiger partial charge in [0.1, 0.15) is 5.58 Å². The molecule has 136 valence electrons. The summed E-state index contributed by atoms with van der Waals surface area (Å²) in [5, 5.41) is 11.5. The van der Waals surface area contributed by atoms with Gasteiger partial charge in [-0.05, 0) is 66.5 Å². The highest BCUT2D eigenvalue weighted by Crippen LogP contribution is 2.43. The number of alkyl halides is 1. The molecule has 4 nitrogen and oxygen atoms in total. The first kappa shape index (κ1) is 19.0. The van der Waals surface area contributed by atoms with Crippen molar-refractivity contribution in [2.45, 2.75) is 31.6 Å². The summed E-state index contributed by atoms with van der Waals surface area (Å²) in [7, 11) is 0. The predicted octanol–water partition coefficient (Wildman–Crippen LogP) is 7.04. The van der Waals surface area contributed by atoms with E-state index in [4.69, 9.17) is 4.42 Å². The summed E-state index contributed by atoms with van der Waals surface area (Å²) in [5.74, 6) is 0.623. The number of benzene rings is 2. The molecule has 0 saturated carbocycles. The van der Waals surface area contributed by atoms with Crippen molar-refractivity contribution in [2.75, 3.05) is 4.90 Å². The number of carboxylic acid groups (broad SMARTS) is 1. The van der Waals surface area contributed by atoms with Gasteiger partial charge in [0.25, 0.3) is 0 Å². The van der Waals surface area contributed by atoms with Gasteiger partial charge < -0.3 is 9.52 Å². The van der Waals surface area contributed by atoms with Gasteiger partial charge in [0.15, 0.2) is 5.76 Å². The van der Waals surface area contributed by atoms with Crippen LogP contribution in [0.4, 0.5) is 10.5 Å². The van der Waals surface area contributed by atoms with Gasteiger partial charge in [-0.2, -0.15) is 0 Å². The Morgan fingerprint density at radius 2 is 1.88 bits per heavy atom. The van der Waals surface area contributed by atoms with Crippen LogP contribution in [0.5, 0.6) is 0 Å². The third-order valence-corrected chi connectivity index (χ3v) is 5.53. The van der Waals surface area contributed by atoms with Crippen molar-refractivity contribution >= 4 is 54.6 Å². The second-order valence-electron chi connectivity index (χ2n) is 7.02. The number of rotatable bonds is 3. The normalized spacial score (nSPS) is 11.7. The molecule has 0 bridgehead atoms. The Morgan fingerprint density at radius 1 is 1.19 bits per heavy atom. The summed E-state index contributed by atoms with van der Waals surface area (Å²) in [6, 6.07) is 13.4. The summed E-state index contributed by atoms with van der Waals surface area (Å²) >= 11 is 7.12. The molecule has 0 aliphatic carbocycles. The Labute approximate surface area is 169 Å². The first-order valence-electron chi connectivity index (χ1n) is 8.13. The monoisotopic (exact) mass is 479 g/mol. The molecular formula is C20H19Br2NO3. The molecule has 0 unspecified atom stereocenters. The minimum atomic E-state index is -1.00. The average molecular weight is 481 g/mol. The van der Waals surface area contributed by atoms with Crippen LogP contribution in [0.25, 0.3) is 22.3 Å². The van der Waals surface area contributed by atoms with Crippen LogP contribution in [-0.2, 0) is 5.33 Å². The molecule has 3 rings (SSSR count). The first-order valence-corrected chi connectivity index (χ1v) is 10.0. The highest BCUT2D eigenvalue weighted by molar-refractivity contribution is 9.10. The summed E-state index contributed by atoms with van der Waals surface area (Å²) in [4.78, 5) is 13.3.